The highest BCUT2D eigenvalue weighted by Crippen LogP contribution is 2.41. The van der Waals surface area contributed by atoms with Crippen molar-refractivity contribution in [3.8, 4) is 0 Å². The molecule has 1 aromatic carbocycles. The summed E-state index contributed by atoms with van der Waals surface area (Å²) in [4.78, 5) is 0. The molecule has 0 radical (unpaired) electrons. The topological polar surface area (TPSA) is 12.0 Å². The van der Waals surface area contributed by atoms with E-state index in [2.05, 4.69) is 36.5 Å². The summed E-state index contributed by atoms with van der Waals surface area (Å²) in [7, 11) is 0. The van der Waals surface area contributed by atoms with Crippen LogP contribution in [-0.2, 0) is 0 Å². The Hall–Kier alpha value is -0.980. The second-order valence-electron chi connectivity index (χ2n) is 6.54. The van der Waals surface area contributed by atoms with E-state index in [-0.39, 0.29) is 0 Å². The van der Waals surface area contributed by atoms with Crippen molar-refractivity contribution >= 4 is 5.69 Å². The molecule has 0 saturated heterocycles. The molecule has 0 amide bonds. The van der Waals surface area contributed by atoms with Gasteiger partial charge in [0.2, 0.25) is 0 Å². The van der Waals surface area contributed by atoms with Crippen LogP contribution in [0.4, 0.5) is 5.69 Å². The molecular formula is C18H27N. The number of hydrogen-bond acceptors (Lipinski definition) is 1. The van der Waals surface area contributed by atoms with Gasteiger partial charge in [-0.1, -0.05) is 50.8 Å². The molecule has 104 valence electrons. The van der Waals surface area contributed by atoms with Crippen molar-refractivity contribution in [3.05, 3.63) is 29.8 Å². The Balaban J connectivity index is 1.67. The van der Waals surface area contributed by atoms with Crippen molar-refractivity contribution in [1.82, 2.24) is 0 Å². The van der Waals surface area contributed by atoms with Gasteiger partial charge in [0.25, 0.3) is 0 Å². The summed E-state index contributed by atoms with van der Waals surface area (Å²) in [6, 6.07) is 8.94. The van der Waals surface area contributed by atoms with Crippen LogP contribution < -0.4 is 5.32 Å². The zero-order valence-corrected chi connectivity index (χ0v) is 12.2. The van der Waals surface area contributed by atoms with Crippen LogP contribution >= 0.6 is 0 Å². The molecule has 1 aliphatic heterocycles. The third kappa shape index (κ3) is 2.96. The van der Waals surface area contributed by atoms with Gasteiger partial charge in [-0.15, -0.1) is 0 Å². The number of para-hydroxylation sites is 1. The maximum absolute atomic E-state index is 3.55. The lowest BCUT2D eigenvalue weighted by Gasteiger charge is -2.34. The number of fused-ring (bicyclic) bond motifs is 1. The molecule has 19 heavy (non-hydrogen) atoms. The van der Waals surface area contributed by atoms with Crippen LogP contribution in [0.1, 0.15) is 63.4 Å². The lowest BCUT2D eigenvalue weighted by Crippen LogP contribution is -2.22. The minimum absolute atomic E-state index is 0.804. The molecule has 1 N–H and O–H groups in total. The molecule has 0 aromatic heterocycles. The molecule has 1 heterocycles. The monoisotopic (exact) mass is 257 g/mol. The minimum Gasteiger partial charge on any atom is -0.385 e. The number of rotatable bonds is 3. The van der Waals surface area contributed by atoms with E-state index in [4.69, 9.17) is 0 Å². The molecule has 1 nitrogen and oxygen atoms in total. The fraction of sp³-hybridized carbons (Fsp3) is 0.667. The Labute approximate surface area is 117 Å². The molecule has 1 aliphatic carbocycles. The fourth-order valence-electron chi connectivity index (χ4n) is 4.18. The fourth-order valence-corrected chi connectivity index (χ4v) is 4.18. The molecule has 0 spiro atoms. The predicted octanol–water partition coefficient (Wildman–Crippen LogP) is 5.19. The summed E-state index contributed by atoms with van der Waals surface area (Å²) in [6.07, 6.45) is 10.1. The minimum atomic E-state index is 0.804. The summed E-state index contributed by atoms with van der Waals surface area (Å²) in [5, 5.41) is 3.55. The van der Waals surface area contributed by atoms with E-state index in [1.165, 1.54) is 50.6 Å². The Morgan fingerprint density at radius 2 is 1.95 bits per heavy atom. The zero-order chi connectivity index (χ0) is 13.1. The number of nitrogens with one attached hydrogen (secondary N) is 1. The van der Waals surface area contributed by atoms with Crippen LogP contribution in [0, 0.1) is 11.8 Å². The van der Waals surface area contributed by atoms with Gasteiger partial charge in [0.05, 0.1) is 0 Å². The molecule has 0 bridgehead atoms. The van der Waals surface area contributed by atoms with Crippen molar-refractivity contribution in [2.24, 2.45) is 11.8 Å². The van der Waals surface area contributed by atoms with Gasteiger partial charge >= 0.3 is 0 Å². The van der Waals surface area contributed by atoms with Crippen LogP contribution in [0.15, 0.2) is 24.3 Å². The van der Waals surface area contributed by atoms with Gasteiger partial charge in [0, 0.05) is 12.2 Å². The second-order valence-corrected chi connectivity index (χ2v) is 6.54. The van der Waals surface area contributed by atoms with Crippen molar-refractivity contribution in [2.75, 3.05) is 11.9 Å². The second kappa shape index (κ2) is 5.98. The summed E-state index contributed by atoms with van der Waals surface area (Å²) in [5.74, 6) is 2.80. The van der Waals surface area contributed by atoms with Gasteiger partial charge in [-0.2, -0.15) is 0 Å². The van der Waals surface area contributed by atoms with Crippen molar-refractivity contribution in [1.29, 1.82) is 0 Å². The van der Waals surface area contributed by atoms with Crippen LogP contribution in [0.5, 0.6) is 0 Å². The smallest absolute Gasteiger partial charge is 0.0375 e. The zero-order valence-electron chi connectivity index (χ0n) is 12.2. The normalized spacial score (nSPS) is 30.5. The Kier molecular flexibility index (Phi) is 4.10. The average molecular weight is 257 g/mol. The van der Waals surface area contributed by atoms with E-state index < -0.39 is 0 Å². The molecule has 3 rings (SSSR count). The Morgan fingerprint density at radius 3 is 2.84 bits per heavy atom. The molecule has 1 heteroatoms. The van der Waals surface area contributed by atoms with Gasteiger partial charge in [0.1, 0.15) is 0 Å². The van der Waals surface area contributed by atoms with Crippen molar-refractivity contribution < 1.29 is 0 Å². The summed E-state index contributed by atoms with van der Waals surface area (Å²) in [6.45, 7) is 3.53. The van der Waals surface area contributed by atoms with Gasteiger partial charge < -0.3 is 5.32 Å². The molecule has 1 saturated carbocycles. The van der Waals surface area contributed by atoms with E-state index in [0.29, 0.717) is 0 Å². The summed E-state index contributed by atoms with van der Waals surface area (Å²) < 4.78 is 0. The van der Waals surface area contributed by atoms with Gasteiger partial charge in [-0.3, -0.25) is 0 Å². The number of anilines is 1. The van der Waals surface area contributed by atoms with Gasteiger partial charge in [-0.05, 0) is 48.6 Å². The molecule has 3 unspecified atom stereocenters. The summed E-state index contributed by atoms with van der Waals surface area (Å²) in [5.41, 5.74) is 2.97. The van der Waals surface area contributed by atoms with Gasteiger partial charge in [-0.25, -0.2) is 0 Å². The predicted molar refractivity (Wildman–Crippen MR) is 82.6 cm³/mol. The van der Waals surface area contributed by atoms with Crippen molar-refractivity contribution in [3.63, 3.8) is 0 Å². The first kappa shape index (κ1) is 13.0. The lowest BCUT2D eigenvalue weighted by atomic mass is 9.74. The quantitative estimate of drug-likeness (QED) is 0.785. The van der Waals surface area contributed by atoms with Crippen LogP contribution in [0.3, 0.4) is 0 Å². The Bertz CT molecular complexity index is 412. The molecule has 1 fully saturated rings. The molecule has 3 atom stereocenters. The standard InChI is InChI=1S/C18H27N/c1-2-14-6-5-7-15(12-14)13-16-10-11-19-18-9-4-3-8-17(16)18/h3-4,8-9,14-16,19H,2,5-7,10-13H2,1H3. The van der Waals surface area contributed by atoms with E-state index in [1.807, 2.05) is 0 Å². The highest BCUT2D eigenvalue weighted by atomic mass is 14.9. The lowest BCUT2D eigenvalue weighted by molar-refractivity contribution is 0.236. The average Bonchev–Trinajstić information content (AvgIpc) is 2.48. The molecule has 1 aromatic rings. The number of hydrogen-bond donors (Lipinski definition) is 1. The first-order valence-electron chi connectivity index (χ1n) is 8.19. The van der Waals surface area contributed by atoms with E-state index in [1.54, 1.807) is 5.56 Å². The first-order chi connectivity index (χ1) is 9.36. The third-order valence-electron chi connectivity index (χ3n) is 5.30. The first-order valence-corrected chi connectivity index (χ1v) is 8.19. The number of benzene rings is 1. The third-order valence-corrected chi connectivity index (χ3v) is 5.30. The molecular weight excluding hydrogens is 230 g/mol. The van der Waals surface area contributed by atoms with Crippen molar-refractivity contribution in [2.45, 2.75) is 57.8 Å². The van der Waals surface area contributed by atoms with E-state index >= 15 is 0 Å². The highest BCUT2D eigenvalue weighted by Gasteiger charge is 2.26. The van der Waals surface area contributed by atoms with E-state index in [0.717, 1.165) is 24.3 Å². The highest BCUT2D eigenvalue weighted by molar-refractivity contribution is 5.54. The van der Waals surface area contributed by atoms with Crippen LogP contribution in [-0.4, -0.2) is 6.54 Å². The summed E-state index contributed by atoms with van der Waals surface area (Å²) >= 11 is 0. The molecule has 2 aliphatic rings. The maximum atomic E-state index is 3.55. The van der Waals surface area contributed by atoms with Crippen LogP contribution in [0.2, 0.25) is 0 Å². The van der Waals surface area contributed by atoms with Gasteiger partial charge in [0.15, 0.2) is 0 Å². The van der Waals surface area contributed by atoms with E-state index in [9.17, 15) is 0 Å². The largest absolute Gasteiger partial charge is 0.385 e. The SMILES string of the molecule is CCC1CCCC(CC2CCNc3ccccc32)C1. The maximum Gasteiger partial charge on any atom is 0.0375 e. The Morgan fingerprint density at radius 1 is 1.11 bits per heavy atom. The van der Waals surface area contributed by atoms with Crippen LogP contribution in [0.25, 0.3) is 0 Å².